The molecule has 1 aromatic rings. The first-order valence-corrected chi connectivity index (χ1v) is 4.74. The number of hydrogen-bond acceptors (Lipinski definition) is 0. The molecule has 0 bridgehead atoms. The first kappa shape index (κ1) is 8.00. The second-order valence-electron chi connectivity index (χ2n) is 1.22. The minimum absolute atomic E-state index is 0.708. The molecular formula is C7H12Se. The Bertz CT molecular complexity index is 108. The third-order valence-electron chi connectivity index (χ3n) is 0.663. The zero-order valence-corrected chi connectivity index (χ0v) is 7.35. The summed E-state index contributed by atoms with van der Waals surface area (Å²) in [5.41, 5.74) is 0. The Morgan fingerprint density at radius 1 is 1.38 bits per heavy atom. The van der Waals surface area contributed by atoms with Crippen molar-refractivity contribution in [3.63, 3.8) is 0 Å². The fraction of sp³-hybridized carbons (Fsp3) is 0.429. The van der Waals surface area contributed by atoms with Gasteiger partial charge < -0.3 is 0 Å². The molecule has 46 valence electrons. The Morgan fingerprint density at radius 3 is 2.12 bits per heavy atom. The van der Waals surface area contributed by atoms with E-state index in [-0.39, 0.29) is 0 Å². The summed E-state index contributed by atoms with van der Waals surface area (Å²) in [6.07, 6.45) is 0. The van der Waals surface area contributed by atoms with E-state index in [2.05, 4.69) is 24.0 Å². The zero-order chi connectivity index (χ0) is 6.41. The van der Waals surface area contributed by atoms with Gasteiger partial charge in [0.25, 0.3) is 0 Å². The molecule has 1 heteroatoms. The van der Waals surface area contributed by atoms with Crippen LogP contribution in [-0.2, 0) is 0 Å². The second-order valence-corrected chi connectivity index (χ2v) is 3.64. The SMILES string of the molecule is CC.Cc1ccc[se]1. The van der Waals surface area contributed by atoms with Crippen LogP contribution in [0.5, 0.6) is 0 Å². The third-order valence-corrected chi connectivity index (χ3v) is 2.34. The Balaban J connectivity index is 0.000000222. The van der Waals surface area contributed by atoms with Crippen LogP contribution < -0.4 is 0 Å². The van der Waals surface area contributed by atoms with Crippen LogP contribution in [0, 0.1) is 6.92 Å². The first-order valence-electron chi connectivity index (χ1n) is 2.90. The standard InChI is InChI=1S/C5H6Se.C2H6/c1-5-3-2-4-6-5;1-2/h2-4H,1H3;1-2H3. The maximum absolute atomic E-state index is 2.22. The molecule has 0 aliphatic heterocycles. The van der Waals surface area contributed by atoms with Crippen molar-refractivity contribution in [3.8, 4) is 0 Å². The maximum atomic E-state index is 2.22. The van der Waals surface area contributed by atoms with Crippen molar-refractivity contribution < 1.29 is 0 Å². The fourth-order valence-electron chi connectivity index (χ4n) is 0.361. The minimum atomic E-state index is 0.708. The Morgan fingerprint density at radius 2 is 2.00 bits per heavy atom. The fourth-order valence-corrected chi connectivity index (χ4v) is 1.47. The van der Waals surface area contributed by atoms with Crippen molar-refractivity contribution in [2.45, 2.75) is 20.8 Å². The van der Waals surface area contributed by atoms with Gasteiger partial charge in [-0.25, -0.2) is 0 Å². The summed E-state index contributed by atoms with van der Waals surface area (Å²) in [6.45, 7) is 6.17. The van der Waals surface area contributed by atoms with Gasteiger partial charge in [0.15, 0.2) is 0 Å². The molecule has 0 spiro atoms. The van der Waals surface area contributed by atoms with Gasteiger partial charge >= 0.3 is 42.9 Å². The van der Waals surface area contributed by atoms with E-state index < -0.39 is 0 Å². The average Bonchev–Trinajstić information content (AvgIpc) is 2.24. The van der Waals surface area contributed by atoms with Crippen LogP contribution in [0.2, 0.25) is 0 Å². The Kier molecular flexibility index (Phi) is 5.14. The molecule has 0 aliphatic rings. The molecule has 0 saturated heterocycles. The van der Waals surface area contributed by atoms with Crippen molar-refractivity contribution in [1.29, 1.82) is 0 Å². The van der Waals surface area contributed by atoms with Gasteiger partial charge in [-0.2, -0.15) is 0 Å². The van der Waals surface area contributed by atoms with Gasteiger partial charge in [-0.15, -0.1) is 0 Å². The van der Waals surface area contributed by atoms with E-state index in [0.717, 1.165) is 0 Å². The van der Waals surface area contributed by atoms with Gasteiger partial charge in [-0.05, 0) is 0 Å². The quantitative estimate of drug-likeness (QED) is 0.529. The number of aryl methyl sites for hydroxylation is 1. The summed E-state index contributed by atoms with van der Waals surface area (Å²) in [5, 5.41) is 0. The summed E-state index contributed by atoms with van der Waals surface area (Å²) in [5.74, 6) is 0. The monoisotopic (exact) mass is 176 g/mol. The molecule has 0 atom stereocenters. The normalized spacial score (nSPS) is 7.38. The summed E-state index contributed by atoms with van der Waals surface area (Å²) in [7, 11) is 0. The Labute approximate surface area is 57.3 Å². The summed E-state index contributed by atoms with van der Waals surface area (Å²) >= 11 is 0.708. The van der Waals surface area contributed by atoms with Crippen LogP contribution in [0.15, 0.2) is 17.1 Å². The van der Waals surface area contributed by atoms with Crippen LogP contribution >= 0.6 is 0 Å². The first-order chi connectivity index (χ1) is 3.89. The Hall–Kier alpha value is -0.000519. The van der Waals surface area contributed by atoms with E-state index in [4.69, 9.17) is 0 Å². The summed E-state index contributed by atoms with van der Waals surface area (Å²) < 4.78 is 1.53. The van der Waals surface area contributed by atoms with Gasteiger partial charge in [0.1, 0.15) is 0 Å². The molecule has 0 amide bonds. The van der Waals surface area contributed by atoms with E-state index in [0.29, 0.717) is 14.5 Å². The summed E-state index contributed by atoms with van der Waals surface area (Å²) in [6, 6.07) is 4.29. The molecule has 0 fully saturated rings. The van der Waals surface area contributed by atoms with Crippen LogP contribution in [0.25, 0.3) is 0 Å². The molecule has 1 aromatic heterocycles. The van der Waals surface area contributed by atoms with Crippen LogP contribution in [0.1, 0.15) is 18.3 Å². The van der Waals surface area contributed by atoms with Gasteiger partial charge in [0.05, 0.1) is 0 Å². The van der Waals surface area contributed by atoms with Crippen LogP contribution in [0.4, 0.5) is 0 Å². The second kappa shape index (κ2) is 5.14. The molecule has 0 radical (unpaired) electrons. The number of hydrogen-bond donors (Lipinski definition) is 0. The topological polar surface area (TPSA) is 0 Å². The van der Waals surface area contributed by atoms with Gasteiger partial charge in [-0.1, -0.05) is 13.8 Å². The van der Waals surface area contributed by atoms with Crippen molar-refractivity contribution in [2.24, 2.45) is 0 Å². The molecule has 0 unspecified atom stereocenters. The average molecular weight is 175 g/mol. The van der Waals surface area contributed by atoms with Crippen LogP contribution in [-0.4, -0.2) is 14.5 Å². The molecule has 0 N–H and O–H groups in total. The van der Waals surface area contributed by atoms with Gasteiger partial charge in [0.2, 0.25) is 0 Å². The van der Waals surface area contributed by atoms with Crippen molar-refractivity contribution in [2.75, 3.05) is 0 Å². The summed E-state index contributed by atoms with van der Waals surface area (Å²) in [4.78, 5) is 2.22. The van der Waals surface area contributed by atoms with Crippen molar-refractivity contribution in [3.05, 3.63) is 21.5 Å². The van der Waals surface area contributed by atoms with E-state index in [9.17, 15) is 0 Å². The van der Waals surface area contributed by atoms with Crippen LogP contribution in [0.3, 0.4) is 0 Å². The molecule has 0 nitrogen and oxygen atoms in total. The number of rotatable bonds is 0. The van der Waals surface area contributed by atoms with Gasteiger partial charge in [0, 0.05) is 0 Å². The van der Waals surface area contributed by atoms with Crippen molar-refractivity contribution >= 4 is 14.5 Å². The van der Waals surface area contributed by atoms with E-state index in [1.807, 2.05) is 13.8 Å². The molecular weight excluding hydrogens is 163 g/mol. The van der Waals surface area contributed by atoms with E-state index in [1.54, 1.807) is 0 Å². The molecule has 1 rings (SSSR count). The predicted octanol–water partition coefficient (Wildman–Crippen LogP) is 2.08. The van der Waals surface area contributed by atoms with E-state index >= 15 is 0 Å². The van der Waals surface area contributed by atoms with E-state index in [1.165, 1.54) is 4.44 Å². The molecule has 1 heterocycles. The predicted molar refractivity (Wildman–Crippen MR) is 39.5 cm³/mol. The molecule has 8 heavy (non-hydrogen) atoms. The zero-order valence-electron chi connectivity index (χ0n) is 5.64. The molecule has 0 saturated carbocycles. The van der Waals surface area contributed by atoms with Gasteiger partial charge in [-0.3, -0.25) is 0 Å². The molecule has 0 aromatic carbocycles. The molecule has 0 aliphatic carbocycles. The van der Waals surface area contributed by atoms with Crippen molar-refractivity contribution in [1.82, 2.24) is 0 Å². The third kappa shape index (κ3) is 3.06.